The van der Waals surface area contributed by atoms with E-state index in [4.69, 9.17) is 4.42 Å². The summed E-state index contributed by atoms with van der Waals surface area (Å²) in [7, 11) is 0. The van der Waals surface area contributed by atoms with Crippen LogP contribution in [0.3, 0.4) is 0 Å². The van der Waals surface area contributed by atoms with Crippen molar-refractivity contribution in [3.8, 4) is 11.5 Å². The van der Waals surface area contributed by atoms with Crippen molar-refractivity contribution >= 4 is 0 Å². The van der Waals surface area contributed by atoms with E-state index in [9.17, 15) is 0 Å². The van der Waals surface area contributed by atoms with Gasteiger partial charge in [-0.15, -0.1) is 10.2 Å². The maximum Gasteiger partial charge on any atom is 0.274 e. The molecule has 0 spiro atoms. The summed E-state index contributed by atoms with van der Waals surface area (Å²) in [6.45, 7) is 12.2. The molecule has 1 atom stereocenters. The fourth-order valence-electron chi connectivity index (χ4n) is 4.12. The first-order valence-corrected chi connectivity index (χ1v) is 10.2. The van der Waals surface area contributed by atoms with Gasteiger partial charge in [0.05, 0.1) is 0 Å². The molecule has 4 rings (SSSR count). The summed E-state index contributed by atoms with van der Waals surface area (Å²) in [4.78, 5) is 3.19. The van der Waals surface area contributed by atoms with E-state index in [1.54, 1.807) is 4.90 Å². The van der Waals surface area contributed by atoms with Crippen molar-refractivity contribution in [2.24, 2.45) is 0 Å². The molecule has 146 valence electrons. The van der Waals surface area contributed by atoms with E-state index in [1.807, 2.05) is 12.1 Å². The Morgan fingerprint density at radius 1 is 0.929 bits per heavy atom. The standard InChI is InChI=1S/C23H28N4O/c1-17-6-4-8-20(14-17)16-26-10-12-27(13-11-26)19(3)22-24-25-23(28-22)21-9-5-7-18(2)15-21/h4-9,14-15,19H,10-13,16H2,1-3H3/p+2/t19-/m1/s1. The van der Waals surface area contributed by atoms with Crippen molar-refractivity contribution in [3.05, 3.63) is 71.1 Å². The summed E-state index contributed by atoms with van der Waals surface area (Å²) in [5.74, 6) is 1.36. The van der Waals surface area contributed by atoms with Crippen molar-refractivity contribution < 1.29 is 14.2 Å². The van der Waals surface area contributed by atoms with Gasteiger partial charge in [-0.3, -0.25) is 0 Å². The molecule has 1 fully saturated rings. The molecule has 28 heavy (non-hydrogen) atoms. The lowest BCUT2D eigenvalue weighted by Crippen LogP contribution is -3.27. The van der Waals surface area contributed by atoms with Crippen LogP contribution in [0.1, 0.15) is 35.5 Å². The van der Waals surface area contributed by atoms with Crippen LogP contribution in [-0.4, -0.2) is 36.4 Å². The van der Waals surface area contributed by atoms with Crippen LogP contribution in [-0.2, 0) is 6.54 Å². The number of aromatic nitrogens is 2. The lowest BCUT2D eigenvalue weighted by Gasteiger charge is -2.32. The fraction of sp³-hybridized carbons (Fsp3) is 0.391. The van der Waals surface area contributed by atoms with E-state index in [0.717, 1.165) is 31.1 Å². The number of quaternary nitrogens is 2. The van der Waals surface area contributed by atoms with Gasteiger partial charge in [0, 0.05) is 11.1 Å². The van der Waals surface area contributed by atoms with Gasteiger partial charge in [-0.2, -0.15) is 0 Å². The highest BCUT2D eigenvalue weighted by Gasteiger charge is 2.31. The molecule has 5 nitrogen and oxygen atoms in total. The first-order chi connectivity index (χ1) is 13.6. The number of nitrogens with one attached hydrogen (secondary N) is 2. The molecule has 0 bridgehead atoms. The van der Waals surface area contributed by atoms with E-state index >= 15 is 0 Å². The minimum Gasteiger partial charge on any atom is -0.415 e. The zero-order chi connectivity index (χ0) is 19.5. The molecule has 1 aliphatic rings. The summed E-state index contributed by atoms with van der Waals surface area (Å²) >= 11 is 0. The lowest BCUT2D eigenvalue weighted by atomic mass is 10.1. The largest absolute Gasteiger partial charge is 0.415 e. The molecule has 0 saturated carbocycles. The van der Waals surface area contributed by atoms with Gasteiger partial charge in [-0.25, -0.2) is 0 Å². The second-order valence-electron chi connectivity index (χ2n) is 8.11. The molecule has 5 heteroatoms. The molecule has 0 unspecified atom stereocenters. The molecule has 0 radical (unpaired) electrons. The maximum absolute atomic E-state index is 6.03. The van der Waals surface area contributed by atoms with Gasteiger partial charge in [0.25, 0.3) is 5.89 Å². The fourth-order valence-corrected chi connectivity index (χ4v) is 4.12. The molecule has 3 aromatic rings. The number of piperazine rings is 1. The Morgan fingerprint density at radius 3 is 2.36 bits per heavy atom. The quantitative estimate of drug-likeness (QED) is 0.706. The van der Waals surface area contributed by atoms with Crippen molar-refractivity contribution in [2.75, 3.05) is 26.2 Å². The summed E-state index contributed by atoms with van der Waals surface area (Å²) in [5.41, 5.74) is 4.97. The minimum atomic E-state index is 0.228. The Morgan fingerprint density at radius 2 is 1.64 bits per heavy atom. The van der Waals surface area contributed by atoms with E-state index in [2.05, 4.69) is 67.4 Å². The Hall–Kier alpha value is -2.50. The predicted molar refractivity (Wildman–Crippen MR) is 109 cm³/mol. The van der Waals surface area contributed by atoms with E-state index in [0.29, 0.717) is 5.89 Å². The maximum atomic E-state index is 6.03. The molecular weight excluding hydrogens is 348 g/mol. The number of nitrogens with zero attached hydrogens (tertiary/aromatic N) is 2. The summed E-state index contributed by atoms with van der Waals surface area (Å²) in [6, 6.07) is 17.3. The van der Waals surface area contributed by atoms with Gasteiger partial charge in [0.2, 0.25) is 5.89 Å². The Bertz CT molecular complexity index is 928. The third-order valence-electron chi connectivity index (χ3n) is 5.82. The van der Waals surface area contributed by atoms with Crippen LogP contribution in [0.5, 0.6) is 0 Å². The first kappa shape index (κ1) is 18.8. The van der Waals surface area contributed by atoms with Crippen LogP contribution in [0.2, 0.25) is 0 Å². The SMILES string of the molecule is Cc1cccc(C[NH+]2CC[NH+]([C@H](C)c3nnc(-c4cccc(C)c4)o3)CC2)c1. The monoisotopic (exact) mass is 378 g/mol. The van der Waals surface area contributed by atoms with Crippen molar-refractivity contribution in [1.82, 2.24) is 10.2 Å². The van der Waals surface area contributed by atoms with Gasteiger partial charge in [0.15, 0.2) is 6.04 Å². The number of hydrogen-bond donors (Lipinski definition) is 2. The third kappa shape index (κ3) is 4.32. The molecule has 0 amide bonds. The Kier molecular flexibility index (Phi) is 5.55. The highest BCUT2D eigenvalue weighted by molar-refractivity contribution is 5.53. The number of hydrogen-bond acceptors (Lipinski definition) is 3. The van der Waals surface area contributed by atoms with Crippen LogP contribution >= 0.6 is 0 Å². The number of benzene rings is 2. The van der Waals surface area contributed by atoms with Gasteiger partial charge >= 0.3 is 0 Å². The van der Waals surface area contributed by atoms with Gasteiger partial charge in [-0.1, -0.05) is 47.5 Å². The van der Waals surface area contributed by atoms with E-state index in [1.165, 1.54) is 34.7 Å². The average molecular weight is 379 g/mol. The molecular formula is C23H30N4O+2. The molecule has 0 aliphatic carbocycles. The molecule has 2 N–H and O–H groups in total. The summed E-state index contributed by atoms with van der Waals surface area (Å²) < 4.78 is 6.03. The smallest absolute Gasteiger partial charge is 0.274 e. The highest BCUT2D eigenvalue weighted by atomic mass is 16.4. The van der Waals surface area contributed by atoms with Gasteiger partial charge < -0.3 is 14.2 Å². The Balaban J connectivity index is 1.36. The zero-order valence-electron chi connectivity index (χ0n) is 17.0. The average Bonchev–Trinajstić information content (AvgIpc) is 3.18. The van der Waals surface area contributed by atoms with Crippen molar-refractivity contribution in [3.63, 3.8) is 0 Å². The normalized spacial score (nSPS) is 20.8. The second kappa shape index (κ2) is 8.25. The van der Waals surface area contributed by atoms with E-state index < -0.39 is 0 Å². The van der Waals surface area contributed by atoms with Crippen LogP contribution in [0.15, 0.2) is 52.9 Å². The van der Waals surface area contributed by atoms with Gasteiger partial charge in [0.1, 0.15) is 32.7 Å². The zero-order valence-corrected chi connectivity index (χ0v) is 17.0. The number of rotatable bonds is 5. The summed E-state index contributed by atoms with van der Waals surface area (Å²) in [5, 5.41) is 8.64. The molecule has 2 heterocycles. The molecule has 1 saturated heterocycles. The van der Waals surface area contributed by atoms with Gasteiger partial charge in [-0.05, 0) is 32.9 Å². The van der Waals surface area contributed by atoms with E-state index in [-0.39, 0.29) is 6.04 Å². The topological polar surface area (TPSA) is 47.8 Å². The lowest BCUT2D eigenvalue weighted by molar-refractivity contribution is -1.03. The second-order valence-corrected chi connectivity index (χ2v) is 8.11. The van der Waals surface area contributed by atoms with Crippen LogP contribution in [0, 0.1) is 13.8 Å². The van der Waals surface area contributed by atoms with Crippen molar-refractivity contribution in [1.29, 1.82) is 0 Å². The molecule has 1 aromatic heterocycles. The van der Waals surface area contributed by atoms with Crippen molar-refractivity contribution in [2.45, 2.75) is 33.4 Å². The van der Waals surface area contributed by atoms with Crippen LogP contribution in [0.25, 0.3) is 11.5 Å². The highest BCUT2D eigenvalue weighted by Crippen LogP contribution is 2.20. The molecule has 1 aliphatic heterocycles. The van der Waals surface area contributed by atoms with Crippen LogP contribution < -0.4 is 9.80 Å². The Labute approximate surface area is 167 Å². The predicted octanol–water partition coefficient (Wildman–Crippen LogP) is 1.40. The summed E-state index contributed by atoms with van der Waals surface area (Å²) in [6.07, 6.45) is 0. The molecule has 2 aromatic carbocycles. The number of aryl methyl sites for hydroxylation is 2. The third-order valence-corrected chi connectivity index (χ3v) is 5.82. The first-order valence-electron chi connectivity index (χ1n) is 10.2. The minimum absolute atomic E-state index is 0.228. The van der Waals surface area contributed by atoms with Crippen LogP contribution in [0.4, 0.5) is 0 Å².